The van der Waals surface area contributed by atoms with Crippen LogP contribution in [0.15, 0.2) is 18.2 Å². The number of hydrogen-bond acceptors (Lipinski definition) is 6. The summed E-state index contributed by atoms with van der Waals surface area (Å²) in [6, 6.07) is 5.01. The molecule has 0 radical (unpaired) electrons. The predicted octanol–water partition coefficient (Wildman–Crippen LogP) is 3.84. The van der Waals surface area contributed by atoms with E-state index >= 15 is 4.39 Å². The molecule has 0 aliphatic heterocycles. The van der Waals surface area contributed by atoms with E-state index in [9.17, 15) is 9.59 Å². The minimum atomic E-state index is -2.30. The first kappa shape index (κ1) is 23.3. The van der Waals surface area contributed by atoms with Gasteiger partial charge in [0.15, 0.2) is 0 Å². The van der Waals surface area contributed by atoms with E-state index in [4.69, 9.17) is 43.1 Å². The van der Waals surface area contributed by atoms with Gasteiger partial charge in [-0.1, -0.05) is 36.2 Å². The van der Waals surface area contributed by atoms with Crippen LogP contribution in [0.4, 0.5) is 4.39 Å². The number of nitrogens with two attached hydrogens (primary N) is 1. The second-order valence-electron chi connectivity index (χ2n) is 7.91. The minimum absolute atomic E-state index is 0.0378. The van der Waals surface area contributed by atoms with Crippen LogP contribution in [-0.2, 0) is 30.4 Å². The lowest BCUT2D eigenvalue weighted by Crippen LogP contribution is -2.61. The molecule has 0 heterocycles. The molecule has 1 aromatic carbocycles. The van der Waals surface area contributed by atoms with E-state index in [-0.39, 0.29) is 19.6 Å². The standard InChI is InChI=1S/C21H26Cl2FNO5/c1-4-11(3)30-19(27)21(25)16(29-10-12-6-7-14(22)15(23)8-12)9-13-17(21)20(13,24)18(26)28-5-2/h6-8,11,13,16-17H,4-5,9-10,25H2,1-3H3/t11?,13-,16-,17+,20-,21+/m1/s1. The summed E-state index contributed by atoms with van der Waals surface area (Å²) in [5.41, 5.74) is 3.09. The fraction of sp³-hybridized carbons (Fsp3) is 0.619. The van der Waals surface area contributed by atoms with Gasteiger partial charge in [-0.25, -0.2) is 14.0 Å². The van der Waals surface area contributed by atoms with E-state index < -0.39 is 47.2 Å². The van der Waals surface area contributed by atoms with Gasteiger partial charge in [-0.15, -0.1) is 0 Å². The molecule has 0 amide bonds. The molecule has 1 unspecified atom stereocenters. The maximum atomic E-state index is 15.4. The average Bonchev–Trinajstić information content (AvgIpc) is 3.18. The SMILES string of the molecule is CCOC(=O)[C@@]1(F)[C@@H]2C[C@@H](OCc3ccc(Cl)c(Cl)c3)[C@@](N)(C(=O)OC(C)CC)[C@@H]21. The second kappa shape index (κ2) is 8.61. The summed E-state index contributed by atoms with van der Waals surface area (Å²) in [4.78, 5) is 25.2. The number of carbonyl (C=O) groups is 2. The van der Waals surface area contributed by atoms with Crippen LogP contribution < -0.4 is 5.73 Å². The molecule has 2 fully saturated rings. The lowest BCUT2D eigenvalue weighted by Gasteiger charge is -2.34. The first-order chi connectivity index (χ1) is 14.1. The summed E-state index contributed by atoms with van der Waals surface area (Å²) in [5, 5.41) is 0.775. The molecule has 2 N–H and O–H groups in total. The lowest BCUT2D eigenvalue weighted by atomic mass is 9.87. The van der Waals surface area contributed by atoms with Gasteiger partial charge >= 0.3 is 11.9 Å². The third-order valence-corrected chi connectivity index (χ3v) is 6.80. The molecule has 0 bridgehead atoms. The number of ether oxygens (including phenoxy) is 3. The highest BCUT2D eigenvalue weighted by Gasteiger charge is 2.85. The molecule has 2 aliphatic carbocycles. The molecule has 2 saturated carbocycles. The van der Waals surface area contributed by atoms with Crippen molar-refractivity contribution in [2.24, 2.45) is 17.6 Å². The normalized spacial score (nSPS) is 33.0. The molecule has 1 aromatic rings. The van der Waals surface area contributed by atoms with Gasteiger partial charge in [-0.2, -0.15) is 0 Å². The van der Waals surface area contributed by atoms with E-state index in [0.29, 0.717) is 16.5 Å². The van der Waals surface area contributed by atoms with E-state index in [1.807, 2.05) is 6.92 Å². The fourth-order valence-corrected chi connectivity index (χ4v) is 4.54. The number of halogens is 3. The highest BCUT2D eigenvalue weighted by Crippen LogP contribution is 2.67. The van der Waals surface area contributed by atoms with Crippen molar-refractivity contribution < 1.29 is 28.2 Å². The monoisotopic (exact) mass is 461 g/mol. The van der Waals surface area contributed by atoms with Crippen molar-refractivity contribution in [3.63, 3.8) is 0 Å². The first-order valence-electron chi connectivity index (χ1n) is 10.0. The molecule has 3 rings (SSSR count). The molecule has 0 aromatic heterocycles. The van der Waals surface area contributed by atoms with Crippen molar-refractivity contribution in [3.05, 3.63) is 33.8 Å². The summed E-state index contributed by atoms with van der Waals surface area (Å²) in [7, 11) is 0. The van der Waals surface area contributed by atoms with Crippen molar-refractivity contribution >= 4 is 35.1 Å². The van der Waals surface area contributed by atoms with Gasteiger partial charge in [-0.05, 0) is 44.4 Å². The number of carbonyl (C=O) groups excluding carboxylic acids is 2. The third kappa shape index (κ3) is 3.81. The number of alkyl halides is 1. The van der Waals surface area contributed by atoms with E-state index in [1.165, 1.54) is 0 Å². The number of rotatable bonds is 8. The molecule has 0 spiro atoms. The second-order valence-corrected chi connectivity index (χ2v) is 8.73. The van der Waals surface area contributed by atoms with Crippen molar-refractivity contribution in [1.29, 1.82) is 0 Å². The van der Waals surface area contributed by atoms with Gasteiger partial charge in [0.1, 0.15) is 5.54 Å². The van der Waals surface area contributed by atoms with Crippen molar-refractivity contribution in [2.45, 2.75) is 63.6 Å². The number of fused-ring (bicyclic) bond motifs is 1. The van der Waals surface area contributed by atoms with Crippen LogP contribution in [-0.4, -0.2) is 42.0 Å². The fourth-order valence-electron chi connectivity index (χ4n) is 4.22. The van der Waals surface area contributed by atoms with Crippen LogP contribution in [0.2, 0.25) is 10.0 Å². The summed E-state index contributed by atoms with van der Waals surface area (Å²) >= 11 is 12.0. The summed E-state index contributed by atoms with van der Waals surface area (Å²) in [6.45, 7) is 5.30. The number of esters is 2. The Labute approximate surface area is 185 Å². The van der Waals surface area contributed by atoms with Crippen molar-refractivity contribution in [3.8, 4) is 0 Å². The zero-order valence-electron chi connectivity index (χ0n) is 17.1. The zero-order valence-corrected chi connectivity index (χ0v) is 18.6. The Bertz CT molecular complexity index is 840. The Kier molecular flexibility index (Phi) is 6.68. The molecule has 30 heavy (non-hydrogen) atoms. The van der Waals surface area contributed by atoms with E-state index in [2.05, 4.69) is 0 Å². The molecule has 6 atom stereocenters. The van der Waals surface area contributed by atoms with Crippen LogP contribution >= 0.6 is 23.2 Å². The zero-order chi connectivity index (χ0) is 22.3. The van der Waals surface area contributed by atoms with Crippen LogP contribution in [0, 0.1) is 11.8 Å². The minimum Gasteiger partial charge on any atom is -0.464 e. The van der Waals surface area contributed by atoms with Crippen molar-refractivity contribution in [1.82, 2.24) is 0 Å². The Morgan fingerprint density at radius 1 is 1.27 bits per heavy atom. The largest absolute Gasteiger partial charge is 0.464 e. The van der Waals surface area contributed by atoms with Gasteiger partial charge in [0.25, 0.3) is 0 Å². The Morgan fingerprint density at radius 3 is 2.57 bits per heavy atom. The predicted molar refractivity (Wildman–Crippen MR) is 110 cm³/mol. The van der Waals surface area contributed by atoms with E-state index in [1.54, 1.807) is 32.0 Å². The smallest absolute Gasteiger partial charge is 0.344 e. The average molecular weight is 462 g/mol. The van der Waals surface area contributed by atoms with Crippen LogP contribution in [0.5, 0.6) is 0 Å². The summed E-state index contributed by atoms with van der Waals surface area (Å²) < 4.78 is 31.7. The molecule has 0 saturated heterocycles. The Hall–Kier alpha value is -1.41. The number of hydrogen-bond donors (Lipinski definition) is 1. The maximum Gasteiger partial charge on any atom is 0.344 e. The summed E-state index contributed by atoms with van der Waals surface area (Å²) in [6.07, 6.45) is -0.545. The van der Waals surface area contributed by atoms with Gasteiger partial charge < -0.3 is 19.9 Å². The quantitative estimate of drug-likeness (QED) is 0.591. The van der Waals surface area contributed by atoms with Crippen LogP contribution in [0.1, 0.15) is 39.2 Å². The number of benzene rings is 1. The van der Waals surface area contributed by atoms with E-state index in [0.717, 1.165) is 5.56 Å². The van der Waals surface area contributed by atoms with Crippen LogP contribution in [0.3, 0.4) is 0 Å². The molecule has 166 valence electrons. The maximum absolute atomic E-state index is 15.4. The third-order valence-electron chi connectivity index (χ3n) is 6.06. The highest BCUT2D eigenvalue weighted by molar-refractivity contribution is 6.42. The van der Waals surface area contributed by atoms with Gasteiger partial charge in [0, 0.05) is 11.8 Å². The van der Waals surface area contributed by atoms with Crippen molar-refractivity contribution in [2.75, 3.05) is 6.61 Å². The molecular formula is C21H26Cl2FNO5. The van der Waals surface area contributed by atoms with Gasteiger partial charge in [-0.3, -0.25) is 0 Å². The topological polar surface area (TPSA) is 87.9 Å². The summed E-state index contributed by atoms with van der Waals surface area (Å²) in [5.74, 6) is -3.58. The molecule has 2 aliphatic rings. The lowest BCUT2D eigenvalue weighted by molar-refractivity contribution is -0.166. The first-order valence-corrected chi connectivity index (χ1v) is 10.8. The molecule has 9 heteroatoms. The Balaban J connectivity index is 1.81. The van der Waals surface area contributed by atoms with Gasteiger partial charge in [0.2, 0.25) is 5.67 Å². The molecular weight excluding hydrogens is 436 g/mol. The van der Waals surface area contributed by atoms with Gasteiger partial charge in [0.05, 0.1) is 35.5 Å². The highest BCUT2D eigenvalue weighted by atomic mass is 35.5. The van der Waals surface area contributed by atoms with Crippen LogP contribution in [0.25, 0.3) is 0 Å². The molecule has 6 nitrogen and oxygen atoms in total. The Morgan fingerprint density at radius 2 is 1.97 bits per heavy atom.